The standard InChI is InChI=1S/C15H15N3O/c19-15-11-6-3-7-16-13(11)17-14(18-15)12-8-9-4-1-2-5-10(9)12/h1-2,4-5,12H,3,6-8H2,(H2,16,17,18,19). The SMILES string of the molecule is O=c1[nH]c(C2Cc3ccccc32)nc2c1CCCN2. The van der Waals surface area contributed by atoms with Crippen LogP contribution in [0.3, 0.4) is 0 Å². The number of aromatic amines is 1. The van der Waals surface area contributed by atoms with Gasteiger partial charge in [0.25, 0.3) is 5.56 Å². The van der Waals surface area contributed by atoms with Gasteiger partial charge in [-0.25, -0.2) is 4.98 Å². The number of nitrogens with one attached hydrogen (secondary N) is 2. The molecule has 0 radical (unpaired) electrons. The van der Waals surface area contributed by atoms with Crippen LogP contribution in [0.15, 0.2) is 29.1 Å². The lowest BCUT2D eigenvalue weighted by atomic mass is 9.77. The van der Waals surface area contributed by atoms with Gasteiger partial charge in [-0.05, 0) is 30.4 Å². The highest BCUT2D eigenvalue weighted by Gasteiger charge is 2.30. The second-order valence-corrected chi connectivity index (χ2v) is 5.26. The van der Waals surface area contributed by atoms with Crippen molar-refractivity contribution in [2.24, 2.45) is 0 Å². The van der Waals surface area contributed by atoms with Crippen molar-refractivity contribution in [3.63, 3.8) is 0 Å². The van der Waals surface area contributed by atoms with Crippen LogP contribution in [0.4, 0.5) is 5.82 Å². The highest BCUT2D eigenvalue weighted by molar-refractivity contribution is 5.49. The molecule has 4 nitrogen and oxygen atoms in total. The molecule has 2 aromatic rings. The fourth-order valence-electron chi connectivity index (χ4n) is 3.03. The Hall–Kier alpha value is -2.10. The Morgan fingerprint density at radius 1 is 1.26 bits per heavy atom. The van der Waals surface area contributed by atoms with Crippen LogP contribution in [0.25, 0.3) is 0 Å². The van der Waals surface area contributed by atoms with Crippen LogP contribution in [-0.4, -0.2) is 16.5 Å². The maximum absolute atomic E-state index is 12.1. The first-order valence-corrected chi connectivity index (χ1v) is 6.77. The number of nitrogens with zero attached hydrogens (tertiary/aromatic N) is 1. The third-order valence-corrected chi connectivity index (χ3v) is 4.11. The molecule has 2 aliphatic rings. The lowest BCUT2D eigenvalue weighted by Crippen LogP contribution is -2.29. The predicted molar refractivity (Wildman–Crippen MR) is 73.7 cm³/mol. The summed E-state index contributed by atoms with van der Waals surface area (Å²) in [5.74, 6) is 1.84. The van der Waals surface area contributed by atoms with E-state index >= 15 is 0 Å². The van der Waals surface area contributed by atoms with Crippen molar-refractivity contribution in [1.82, 2.24) is 9.97 Å². The zero-order valence-corrected chi connectivity index (χ0v) is 10.6. The summed E-state index contributed by atoms with van der Waals surface area (Å²) < 4.78 is 0. The summed E-state index contributed by atoms with van der Waals surface area (Å²) in [5, 5.41) is 3.24. The Labute approximate surface area is 110 Å². The number of rotatable bonds is 1. The van der Waals surface area contributed by atoms with Crippen LogP contribution in [0, 0.1) is 0 Å². The van der Waals surface area contributed by atoms with E-state index in [9.17, 15) is 4.79 Å². The largest absolute Gasteiger partial charge is 0.370 e. The van der Waals surface area contributed by atoms with E-state index in [0.717, 1.165) is 43.0 Å². The first-order valence-electron chi connectivity index (χ1n) is 6.77. The van der Waals surface area contributed by atoms with Gasteiger partial charge in [-0.3, -0.25) is 4.79 Å². The molecule has 1 aromatic heterocycles. The van der Waals surface area contributed by atoms with E-state index in [2.05, 4.69) is 33.5 Å². The molecule has 0 amide bonds. The summed E-state index contributed by atoms with van der Waals surface area (Å²) in [4.78, 5) is 19.7. The van der Waals surface area contributed by atoms with Crippen molar-refractivity contribution in [3.05, 3.63) is 57.1 Å². The minimum atomic E-state index is 0.0246. The lowest BCUT2D eigenvalue weighted by molar-refractivity contribution is 0.649. The average molecular weight is 253 g/mol. The van der Waals surface area contributed by atoms with Gasteiger partial charge in [0.15, 0.2) is 0 Å². The van der Waals surface area contributed by atoms with E-state index in [1.807, 2.05) is 6.07 Å². The Balaban J connectivity index is 1.78. The van der Waals surface area contributed by atoms with E-state index in [0.29, 0.717) is 0 Å². The molecule has 1 unspecified atom stereocenters. The van der Waals surface area contributed by atoms with Crippen molar-refractivity contribution in [2.45, 2.75) is 25.2 Å². The van der Waals surface area contributed by atoms with Crippen LogP contribution in [-0.2, 0) is 12.8 Å². The van der Waals surface area contributed by atoms with Crippen molar-refractivity contribution in [1.29, 1.82) is 0 Å². The van der Waals surface area contributed by atoms with Gasteiger partial charge in [0, 0.05) is 12.5 Å². The third kappa shape index (κ3) is 1.59. The van der Waals surface area contributed by atoms with Crippen molar-refractivity contribution in [3.8, 4) is 0 Å². The normalized spacial score (nSPS) is 19.9. The van der Waals surface area contributed by atoms with E-state index in [-0.39, 0.29) is 11.5 Å². The van der Waals surface area contributed by atoms with Gasteiger partial charge in [-0.2, -0.15) is 0 Å². The van der Waals surface area contributed by atoms with Crippen LogP contribution in [0.5, 0.6) is 0 Å². The fourth-order valence-corrected chi connectivity index (χ4v) is 3.03. The van der Waals surface area contributed by atoms with E-state index in [1.165, 1.54) is 11.1 Å². The molecule has 0 saturated carbocycles. The number of hydrogen-bond donors (Lipinski definition) is 2. The number of anilines is 1. The molecule has 0 fully saturated rings. The highest BCUT2D eigenvalue weighted by Crippen LogP contribution is 2.38. The number of hydrogen-bond acceptors (Lipinski definition) is 3. The highest BCUT2D eigenvalue weighted by atomic mass is 16.1. The molecule has 96 valence electrons. The number of fused-ring (bicyclic) bond motifs is 2. The maximum Gasteiger partial charge on any atom is 0.256 e. The van der Waals surface area contributed by atoms with Crippen LogP contribution in [0.2, 0.25) is 0 Å². The molecule has 1 aromatic carbocycles. The molecule has 1 aliphatic heterocycles. The van der Waals surface area contributed by atoms with E-state index < -0.39 is 0 Å². The predicted octanol–water partition coefficient (Wildman–Crippen LogP) is 1.82. The number of aromatic nitrogens is 2. The van der Waals surface area contributed by atoms with Gasteiger partial charge in [0.2, 0.25) is 0 Å². The zero-order chi connectivity index (χ0) is 12.8. The average Bonchev–Trinajstić information content (AvgIpc) is 2.40. The minimum absolute atomic E-state index is 0.0246. The summed E-state index contributed by atoms with van der Waals surface area (Å²) >= 11 is 0. The molecule has 4 heteroatoms. The maximum atomic E-state index is 12.1. The van der Waals surface area contributed by atoms with Crippen LogP contribution in [0.1, 0.15) is 34.9 Å². The quantitative estimate of drug-likeness (QED) is 0.815. The third-order valence-electron chi connectivity index (χ3n) is 4.11. The Bertz CT molecular complexity index is 705. The molecule has 4 rings (SSSR count). The Morgan fingerprint density at radius 3 is 3.05 bits per heavy atom. The molecule has 19 heavy (non-hydrogen) atoms. The summed E-state index contributed by atoms with van der Waals surface area (Å²) in [6.07, 6.45) is 2.80. The first-order chi connectivity index (χ1) is 9.33. The van der Waals surface area contributed by atoms with Gasteiger partial charge in [0.1, 0.15) is 11.6 Å². The van der Waals surface area contributed by atoms with Gasteiger partial charge in [-0.1, -0.05) is 24.3 Å². The molecular weight excluding hydrogens is 238 g/mol. The number of benzene rings is 1. The molecular formula is C15H15N3O. The van der Waals surface area contributed by atoms with Gasteiger partial charge in [-0.15, -0.1) is 0 Å². The molecule has 2 heterocycles. The van der Waals surface area contributed by atoms with Crippen LogP contribution >= 0.6 is 0 Å². The van der Waals surface area contributed by atoms with Crippen molar-refractivity contribution >= 4 is 5.82 Å². The Morgan fingerprint density at radius 2 is 2.16 bits per heavy atom. The van der Waals surface area contributed by atoms with Gasteiger partial charge < -0.3 is 10.3 Å². The molecule has 0 spiro atoms. The Kier molecular flexibility index (Phi) is 2.24. The molecule has 0 bridgehead atoms. The second-order valence-electron chi connectivity index (χ2n) is 5.26. The molecule has 1 aliphatic carbocycles. The fraction of sp³-hybridized carbons (Fsp3) is 0.333. The smallest absolute Gasteiger partial charge is 0.256 e. The zero-order valence-electron chi connectivity index (χ0n) is 10.6. The first kappa shape index (κ1) is 10.8. The monoisotopic (exact) mass is 253 g/mol. The summed E-state index contributed by atoms with van der Waals surface area (Å²) in [6.45, 7) is 0.907. The van der Waals surface area contributed by atoms with Crippen molar-refractivity contribution < 1.29 is 0 Å². The van der Waals surface area contributed by atoms with Crippen molar-refractivity contribution in [2.75, 3.05) is 11.9 Å². The topological polar surface area (TPSA) is 57.8 Å². The van der Waals surface area contributed by atoms with Crippen LogP contribution < -0.4 is 10.9 Å². The lowest BCUT2D eigenvalue weighted by Gasteiger charge is -2.30. The van der Waals surface area contributed by atoms with E-state index in [4.69, 9.17) is 0 Å². The van der Waals surface area contributed by atoms with E-state index in [1.54, 1.807) is 0 Å². The number of H-pyrrole nitrogens is 1. The molecule has 2 N–H and O–H groups in total. The molecule has 1 atom stereocenters. The van der Waals surface area contributed by atoms with Gasteiger partial charge in [0.05, 0.1) is 5.56 Å². The minimum Gasteiger partial charge on any atom is -0.370 e. The molecule has 0 saturated heterocycles. The summed E-state index contributed by atoms with van der Waals surface area (Å²) in [7, 11) is 0. The van der Waals surface area contributed by atoms with Gasteiger partial charge >= 0.3 is 0 Å². The second kappa shape index (κ2) is 3.95. The summed E-state index contributed by atoms with van der Waals surface area (Å²) in [5.41, 5.74) is 3.49. The summed E-state index contributed by atoms with van der Waals surface area (Å²) in [6, 6.07) is 8.36.